The Morgan fingerprint density at radius 3 is 1.52 bits per heavy atom. The van der Waals surface area contributed by atoms with Gasteiger partial charge in [0.15, 0.2) is 0 Å². The van der Waals surface area contributed by atoms with Crippen LogP contribution in [0.5, 0.6) is 34.8 Å². The van der Waals surface area contributed by atoms with Crippen LogP contribution in [-0.2, 0) is 9.31 Å². The molecule has 0 aliphatic carbocycles. The van der Waals surface area contributed by atoms with Crippen LogP contribution in [0.4, 0.5) is 0 Å². The van der Waals surface area contributed by atoms with Crippen molar-refractivity contribution in [1.82, 2.24) is 29.9 Å². The highest BCUT2D eigenvalue weighted by Gasteiger charge is 2.52. The van der Waals surface area contributed by atoms with Gasteiger partial charge in [-0.15, -0.1) is 12.8 Å². The number of nitrogens with zero attached hydrogens (tertiary/aromatic N) is 6. The van der Waals surface area contributed by atoms with Gasteiger partial charge in [-0.25, -0.2) is 15.0 Å². The molecule has 1 aliphatic rings. The summed E-state index contributed by atoms with van der Waals surface area (Å²) in [6.07, 6.45) is 22.8. The fourth-order valence-electron chi connectivity index (χ4n) is 6.23. The highest BCUT2D eigenvalue weighted by Crippen LogP contribution is 2.39. The van der Waals surface area contributed by atoms with Gasteiger partial charge >= 0.3 is 7.12 Å². The molecule has 7 heterocycles. The van der Waals surface area contributed by atoms with E-state index < -0.39 is 18.3 Å². The molecule has 0 bridgehead atoms. The molecule has 0 atom stereocenters. The summed E-state index contributed by atoms with van der Waals surface area (Å²) >= 11 is 3.22. The lowest BCUT2D eigenvalue weighted by molar-refractivity contribution is 0.00578. The zero-order valence-electron chi connectivity index (χ0n) is 39.5. The van der Waals surface area contributed by atoms with E-state index in [1.807, 2.05) is 84.0 Å². The van der Waals surface area contributed by atoms with Gasteiger partial charge in [-0.1, -0.05) is 13.5 Å². The zero-order valence-corrected chi connectivity index (χ0v) is 41.0. The molecule has 1 fully saturated rings. The van der Waals surface area contributed by atoms with Gasteiger partial charge in [0.25, 0.3) is 0 Å². The van der Waals surface area contributed by atoms with Crippen LogP contribution in [0.15, 0.2) is 124 Å². The van der Waals surface area contributed by atoms with Gasteiger partial charge in [-0.3, -0.25) is 15.0 Å². The SMILES string of the molecule is C.C#CC#CC#CC#CC#C.COc1cc(Oc2nccc3occc23)ccc1-c1nccnc1C.COc1cc(Oc2nccc3occc23)ccc1B1OC(C)(C)C(C)(C)O1.Cc1nccnc1Br. The van der Waals surface area contributed by atoms with Crippen molar-refractivity contribution in [2.24, 2.45) is 0 Å². The van der Waals surface area contributed by atoms with Gasteiger partial charge < -0.3 is 37.1 Å². The monoisotopic (exact) mass is 1010 g/mol. The number of furan rings is 2. The number of aromatic nitrogens is 6. The Hall–Kier alpha value is -8.56. The number of halogens is 1. The minimum atomic E-state index is -0.505. The lowest BCUT2D eigenvalue weighted by Gasteiger charge is -2.32. The molecule has 2 aromatic carbocycles. The number of aryl methyl sites for hydroxylation is 2. The number of fused-ring (bicyclic) bond motifs is 2. The van der Waals surface area contributed by atoms with Crippen LogP contribution < -0.4 is 24.4 Å². The molecule has 71 heavy (non-hydrogen) atoms. The maximum atomic E-state index is 6.13. The Balaban J connectivity index is 0.000000196. The van der Waals surface area contributed by atoms with E-state index in [4.69, 9.17) is 49.9 Å². The molecule has 0 radical (unpaired) electrons. The summed E-state index contributed by atoms with van der Waals surface area (Å²) in [5, 5.41) is 1.63. The zero-order chi connectivity index (χ0) is 50.1. The average molecular weight is 1010 g/mol. The van der Waals surface area contributed by atoms with E-state index in [0.717, 1.165) is 54.6 Å². The number of terminal acetylenes is 2. The molecule has 0 N–H and O–H groups in total. The van der Waals surface area contributed by atoms with Crippen molar-refractivity contribution in [2.45, 2.75) is 60.2 Å². The average Bonchev–Trinajstić information content (AvgIpc) is 4.10. The smallest absolute Gasteiger partial charge is 0.497 e. The van der Waals surface area contributed by atoms with E-state index in [1.165, 1.54) is 0 Å². The van der Waals surface area contributed by atoms with E-state index in [1.54, 1.807) is 82.1 Å². The van der Waals surface area contributed by atoms with Gasteiger partial charge in [0.1, 0.15) is 38.8 Å². The van der Waals surface area contributed by atoms with Crippen molar-refractivity contribution < 1.29 is 37.1 Å². The number of rotatable bonds is 8. The van der Waals surface area contributed by atoms with Crippen molar-refractivity contribution in [3.05, 3.63) is 126 Å². The van der Waals surface area contributed by atoms with Crippen molar-refractivity contribution in [3.63, 3.8) is 0 Å². The van der Waals surface area contributed by atoms with Crippen molar-refractivity contribution in [3.8, 4) is 106 Å². The second-order valence-corrected chi connectivity index (χ2v) is 16.2. The Morgan fingerprint density at radius 2 is 1.04 bits per heavy atom. The third kappa shape index (κ3) is 13.8. The third-order valence-corrected chi connectivity index (χ3v) is 11.2. The molecule has 8 aromatic rings. The van der Waals surface area contributed by atoms with Crippen molar-refractivity contribution in [2.75, 3.05) is 14.2 Å². The second kappa shape index (κ2) is 25.2. The van der Waals surface area contributed by atoms with Crippen LogP contribution in [0.25, 0.3) is 33.2 Å². The Kier molecular flexibility index (Phi) is 18.9. The molecular formula is C55H48BBrN6O8. The summed E-state index contributed by atoms with van der Waals surface area (Å²) in [6.45, 7) is 11.9. The quantitative estimate of drug-likeness (QED) is 0.105. The van der Waals surface area contributed by atoms with Crippen LogP contribution in [0, 0.1) is 74.1 Å². The Bertz CT molecular complexity index is 3320. The summed E-state index contributed by atoms with van der Waals surface area (Å²) in [7, 11) is 2.72. The number of benzene rings is 2. The predicted octanol–water partition coefficient (Wildman–Crippen LogP) is 10.8. The normalized spacial score (nSPS) is 12.2. The Morgan fingerprint density at radius 1 is 0.563 bits per heavy atom. The van der Waals surface area contributed by atoms with Crippen molar-refractivity contribution in [1.29, 1.82) is 0 Å². The third-order valence-electron chi connectivity index (χ3n) is 10.4. The van der Waals surface area contributed by atoms with E-state index in [0.29, 0.717) is 34.8 Å². The van der Waals surface area contributed by atoms with Crippen LogP contribution in [0.3, 0.4) is 0 Å². The van der Waals surface area contributed by atoms with E-state index in [9.17, 15) is 0 Å². The van der Waals surface area contributed by atoms with Gasteiger partial charge in [-0.05, 0) is 147 Å². The molecule has 0 saturated carbocycles. The summed E-state index contributed by atoms with van der Waals surface area (Å²) < 4.78 is 46.8. The van der Waals surface area contributed by atoms with Gasteiger partial charge in [0.2, 0.25) is 11.8 Å². The number of ether oxygens (including phenoxy) is 4. The Labute approximate surface area is 422 Å². The van der Waals surface area contributed by atoms with Gasteiger partial charge in [-0.2, -0.15) is 0 Å². The molecule has 1 saturated heterocycles. The first-order valence-corrected chi connectivity index (χ1v) is 21.9. The van der Waals surface area contributed by atoms with Gasteiger partial charge in [0.05, 0.1) is 65.8 Å². The van der Waals surface area contributed by atoms with Crippen molar-refractivity contribution >= 4 is 50.4 Å². The topological polar surface area (TPSA) is 159 Å². The summed E-state index contributed by atoms with van der Waals surface area (Å²) in [5.41, 5.74) is 4.82. The summed E-state index contributed by atoms with van der Waals surface area (Å²) in [5.74, 6) is 21.8. The molecule has 0 spiro atoms. The maximum Gasteiger partial charge on any atom is 0.498 e. The molecular weight excluding hydrogens is 963 g/mol. The molecule has 0 unspecified atom stereocenters. The van der Waals surface area contributed by atoms with E-state index >= 15 is 0 Å². The first kappa shape index (κ1) is 53.4. The lowest BCUT2D eigenvalue weighted by atomic mass is 9.78. The van der Waals surface area contributed by atoms with E-state index in [-0.39, 0.29) is 7.43 Å². The highest BCUT2D eigenvalue weighted by atomic mass is 79.9. The standard InChI is InChI=1S/C20H22BNO5.C19H15N3O3.C10H2.C5H5BrN2.CH4/c1-19(2)20(3,4)27-21(26-19)15-7-6-13(12-17(15)23-5)25-18-14-9-11-24-16(14)8-10-22-18;1-12-18(21-9-8-20-12)14-4-3-13(11-17(14)23-2)25-19-15-6-10-24-16(15)5-7-22-19;1-3-5-7-9-10-8-6-4-2;1-4-5(6)8-3-2-7-4;/h6-12H,1-5H3;3-11H,1-2H3;1-2H;2-3H,1H3;1H4. The molecule has 1 aliphatic heterocycles. The molecule has 0 amide bonds. The molecule has 14 nitrogen and oxygen atoms in total. The van der Waals surface area contributed by atoms with Crippen LogP contribution >= 0.6 is 15.9 Å². The fourth-order valence-corrected chi connectivity index (χ4v) is 6.45. The van der Waals surface area contributed by atoms with Crippen LogP contribution in [0.1, 0.15) is 46.5 Å². The maximum absolute atomic E-state index is 6.13. The summed E-state index contributed by atoms with van der Waals surface area (Å²) in [4.78, 5) is 25.2. The highest BCUT2D eigenvalue weighted by molar-refractivity contribution is 9.10. The number of hydrogen-bond acceptors (Lipinski definition) is 14. The lowest BCUT2D eigenvalue weighted by Crippen LogP contribution is -2.41. The van der Waals surface area contributed by atoms with Gasteiger partial charge in [0, 0.05) is 60.3 Å². The largest absolute Gasteiger partial charge is 0.498 e. The predicted molar refractivity (Wildman–Crippen MR) is 278 cm³/mol. The molecule has 6 aromatic heterocycles. The minimum Gasteiger partial charge on any atom is -0.497 e. The molecule has 16 heteroatoms. The fraction of sp³-hybridized carbons (Fsp3) is 0.200. The minimum absolute atomic E-state index is 0. The number of methoxy groups -OCH3 is 2. The molecule has 9 rings (SSSR count). The first-order chi connectivity index (χ1) is 33.8. The number of hydrogen-bond donors (Lipinski definition) is 0. The van der Waals surface area contributed by atoms with Crippen LogP contribution in [-0.4, -0.2) is 62.4 Å². The summed E-state index contributed by atoms with van der Waals surface area (Å²) in [6, 6.07) is 18.4. The number of pyridine rings is 2. The van der Waals surface area contributed by atoms with Crippen LogP contribution in [0.2, 0.25) is 0 Å². The van der Waals surface area contributed by atoms with E-state index in [2.05, 4.69) is 93.2 Å². The first-order valence-electron chi connectivity index (χ1n) is 21.1. The molecule has 356 valence electrons. The second-order valence-electron chi connectivity index (χ2n) is 15.4.